The second-order valence-electron chi connectivity index (χ2n) is 6.90. The molecule has 5 nitrogen and oxygen atoms in total. The summed E-state index contributed by atoms with van der Waals surface area (Å²) in [5, 5.41) is 10.7. The van der Waals surface area contributed by atoms with Crippen molar-refractivity contribution in [3.05, 3.63) is 66.2 Å². The maximum atomic E-state index is 13.3. The van der Waals surface area contributed by atoms with Crippen LogP contribution in [0.25, 0.3) is 0 Å². The van der Waals surface area contributed by atoms with Gasteiger partial charge in [-0.2, -0.15) is 0 Å². The maximum absolute atomic E-state index is 13.3. The molecule has 6 heteroatoms. The molecule has 2 aromatic rings. The number of aliphatic hydroxyl groups is 1. The van der Waals surface area contributed by atoms with E-state index in [1.807, 2.05) is 48.5 Å². The molecule has 2 aliphatic rings. The van der Waals surface area contributed by atoms with E-state index in [1.54, 1.807) is 12.1 Å². The molecule has 0 radical (unpaired) electrons. The molecule has 2 aromatic carbocycles. The van der Waals surface area contributed by atoms with E-state index in [2.05, 4.69) is 4.90 Å². The first-order valence-electron chi connectivity index (χ1n) is 8.55. The summed E-state index contributed by atoms with van der Waals surface area (Å²) in [6, 6.07) is 19.1. The Bertz CT molecular complexity index is 841. The molecule has 1 spiro atoms. The molecule has 0 amide bonds. The second kappa shape index (κ2) is 6.12. The van der Waals surface area contributed by atoms with E-state index in [0.29, 0.717) is 31.7 Å². The minimum Gasteiger partial charge on any atom is -0.389 e. The smallest absolute Gasteiger partial charge is 0.244 e. The highest BCUT2D eigenvalue weighted by Crippen LogP contribution is 2.43. The summed E-state index contributed by atoms with van der Waals surface area (Å²) >= 11 is 0. The summed E-state index contributed by atoms with van der Waals surface area (Å²) in [6.07, 6.45) is -0.411. The summed E-state index contributed by atoms with van der Waals surface area (Å²) in [4.78, 5) is 2.13. The van der Waals surface area contributed by atoms with Crippen LogP contribution in [0, 0.1) is 0 Å². The second-order valence-corrected chi connectivity index (χ2v) is 9.10. The summed E-state index contributed by atoms with van der Waals surface area (Å²) < 4.78 is 26.8. The van der Waals surface area contributed by atoms with Crippen molar-refractivity contribution in [1.82, 2.24) is 4.90 Å². The lowest BCUT2D eigenvalue weighted by Gasteiger charge is -2.27. The van der Waals surface area contributed by atoms with Crippen LogP contribution in [0.1, 0.15) is 12.0 Å². The molecule has 0 unspecified atom stereocenters. The van der Waals surface area contributed by atoms with Gasteiger partial charge >= 0.3 is 0 Å². The number of anilines is 1. The third-order valence-electron chi connectivity index (χ3n) is 5.39. The Morgan fingerprint density at radius 2 is 1.68 bits per heavy atom. The summed E-state index contributed by atoms with van der Waals surface area (Å²) in [5.41, 5.74) is 1.78. The highest BCUT2D eigenvalue weighted by atomic mass is 32.2. The van der Waals surface area contributed by atoms with Crippen molar-refractivity contribution in [2.45, 2.75) is 23.8 Å². The van der Waals surface area contributed by atoms with Crippen LogP contribution in [0.5, 0.6) is 0 Å². The molecule has 25 heavy (non-hydrogen) atoms. The first-order valence-corrected chi connectivity index (χ1v) is 9.99. The number of aliphatic hydroxyl groups excluding tert-OH is 1. The molecule has 4 rings (SSSR count). The Balaban J connectivity index is 1.60. The summed E-state index contributed by atoms with van der Waals surface area (Å²) in [6.45, 7) is 1.88. The van der Waals surface area contributed by atoms with Gasteiger partial charge in [0.05, 0.1) is 18.3 Å². The lowest BCUT2D eigenvalue weighted by Crippen LogP contribution is -2.47. The summed E-state index contributed by atoms with van der Waals surface area (Å²) in [7, 11) is -3.61. The van der Waals surface area contributed by atoms with Crippen molar-refractivity contribution < 1.29 is 13.5 Å². The minimum absolute atomic E-state index is 0.130. The number of rotatable bonds is 3. The molecule has 0 saturated carbocycles. The Kier molecular flexibility index (Phi) is 4.06. The van der Waals surface area contributed by atoms with E-state index in [9.17, 15) is 13.5 Å². The fraction of sp³-hybridized carbons (Fsp3) is 0.368. The average molecular weight is 358 g/mol. The first-order chi connectivity index (χ1) is 12.0. The fourth-order valence-corrected chi connectivity index (χ4v) is 6.28. The highest BCUT2D eigenvalue weighted by Gasteiger charge is 2.61. The van der Waals surface area contributed by atoms with Gasteiger partial charge in [0, 0.05) is 19.6 Å². The Morgan fingerprint density at radius 3 is 2.36 bits per heavy atom. The molecule has 2 heterocycles. The third-order valence-corrected chi connectivity index (χ3v) is 7.96. The van der Waals surface area contributed by atoms with Gasteiger partial charge in [-0.3, -0.25) is 9.21 Å². The van der Waals surface area contributed by atoms with Crippen molar-refractivity contribution in [2.75, 3.05) is 23.9 Å². The van der Waals surface area contributed by atoms with Gasteiger partial charge in [0.15, 0.2) is 0 Å². The molecule has 2 fully saturated rings. The molecule has 132 valence electrons. The number of hydrogen-bond donors (Lipinski definition) is 1. The fourth-order valence-electron chi connectivity index (χ4n) is 3.99. The van der Waals surface area contributed by atoms with Crippen LogP contribution >= 0.6 is 0 Å². The summed E-state index contributed by atoms with van der Waals surface area (Å²) in [5.74, 6) is 0. The third kappa shape index (κ3) is 2.65. The molecule has 0 bridgehead atoms. The average Bonchev–Trinajstić information content (AvgIpc) is 3.13. The number of para-hydroxylation sites is 1. The van der Waals surface area contributed by atoms with Crippen molar-refractivity contribution >= 4 is 15.7 Å². The predicted molar refractivity (Wildman–Crippen MR) is 97.8 cm³/mol. The number of nitrogens with zero attached hydrogens (tertiary/aromatic N) is 2. The number of β-amino-alcohol motifs (C(OH)–C–C–N with tert-alkyl or cyclic N) is 1. The molecular weight excluding hydrogens is 336 g/mol. The van der Waals surface area contributed by atoms with Gasteiger partial charge in [-0.15, -0.1) is 0 Å². The molecular formula is C19H22N2O3S. The van der Waals surface area contributed by atoms with E-state index in [-0.39, 0.29) is 6.54 Å². The van der Waals surface area contributed by atoms with Crippen LogP contribution in [0.3, 0.4) is 0 Å². The molecule has 0 aromatic heterocycles. The van der Waals surface area contributed by atoms with Crippen molar-refractivity contribution in [2.24, 2.45) is 0 Å². The van der Waals surface area contributed by atoms with Gasteiger partial charge in [0.1, 0.15) is 4.75 Å². The van der Waals surface area contributed by atoms with Crippen LogP contribution in [-0.2, 0) is 16.6 Å². The predicted octanol–water partition coefficient (Wildman–Crippen LogP) is 1.84. The van der Waals surface area contributed by atoms with Gasteiger partial charge in [0.2, 0.25) is 10.0 Å². The molecule has 1 N–H and O–H groups in total. The van der Waals surface area contributed by atoms with Crippen molar-refractivity contribution in [1.29, 1.82) is 0 Å². The van der Waals surface area contributed by atoms with E-state index < -0.39 is 20.9 Å². The van der Waals surface area contributed by atoms with Crippen molar-refractivity contribution in [3.8, 4) is 0 Å². The van der Waals surface area contributed by atoms with E-state index in [1.165, 1.54) is 4.31 Å². The Labute approximate surface area is 148 Å². The van der Waals surface area contributed by atoms with E-state index in [4.69, 9.17) is 0 Å². The standard InChI is InChI=1S/C19H22N2O3S/c22-18-14-21(17-9-5-2-6-10-17)25(23,24)19(18)11-12-20(15-19)13-16-7-3-1-4-8-16/h1-10,18,22H,11-15H2/t18-,19+/m0/s1. The Morgan fingerprint density at radius 1 is 1.04 bits per heavy atom. The topological polar surface area (TPSA) is 60.9 Å². The Hall–Kier alpha value is -1.89. The largest absolute Gasteiger partial charge is 0.389 e. The highest BCUT2D eigenvalue weighted by molar-refractivity contribution is 7.94. The van der Waals surface area contributed by atoms with Gasteiger partial charge in [-0.25, -0.2) is 8.42 Å². The molecule has 2 aliphatic heterocycles. The lowest BCUT2D eigenvalue weighted by molar-refractivity contribution is 0.143. The van der Waals surface area contributed by atoms with Gasteiger partial charge < -0.3 is 5.11 Å². The number of sulfonamides is 1. The SMILES string of the molecule is O=S1(=O)N(c2ccccc2)C[C@H](O)[C@]12CCN(Cc1ccccc1)C2. The molecule has 2 atom stereocenters. The van der Waals surface area contributed by atoms with E-state index in [0.717, 1.165) is 5.56 Å². The minimum atomic E-state index is -3.61. The van der Waals surface area contributed by atoms with Crippen molar-refractivity contribution in [3.63, 3.8) is 0 Å². The first kappa shape index (κ1) is 16.6. The van der Waals surface area contributed by atoms with E-state index >= 15 is 0 Å². The maximum Gasteiger partial charge on any atom is 0.244 e. The van der Waals surface area contributed by atoms with Crippen LogP contribution in [0.4, 0.5) is 5.69 Å². The zero-order valence-electron chi connectivity index (χ0n) is 14.0. The van der Waals surface area contributed by atoms with Gasteiger partial charge in [-0.1, -0.05) is 48.5 Å². The molecule has 0 aliphatic carbocycles. The van der Waals surface area contributed by atoms with Crippen LogP contribution in [0.15, 0.2) is 60.7 Å². The van der Waals surface area contributed by atoms with Gasteiger partial charge in [0.25, 0.3) is 0 Å². The zero-order valence-corrected chi connectivity index (χ0v) is 14.8. The monoisotopic (exact) mass is 358 g/mol. The zero-order chi connectivity index (χ0) is 17.5. The quantitative estimate of drug-likeness (QED) is 0.910. The number of hydrogen-bond acceptors (Lipinski definition) is 4. The van der Waals surface area contributed by atoms with Gasteiger partial charge in [-0.05, 0) is 24.1 Å². The van der Waals surface area contributed by atoms with Crippen LogP contribution in [0.2, 0.25) is 0 Å². The number of likely N-dealkylation sites (tertiary alicyclic amines) is 1. The molecule has 2 saturated heterocycles. The number of benzene rings is 2. The van der Waals surface area contributed by atoms with Crippen LogP contribution in [-0.4, -0.2) is 48.9 Å². The normalized spacial score (nSPS) is 28.7. The lowest BCUT2D eigenvalue weighted by atomic mass is 10.0. The van der Waals surface area contributed by atoms with Crippen LogP contribution < -0.4 is 4.31 Å².